The molecule has 2 N–H and O–H groups in total. The van der Waals surface area contributed by atoms with Crippen LogP contribution < -0.4 is 0 Å². The van der Waals surface area contributed by atoms with Gasteiger partial charge in [0.25, 0.3) is 0 Å². The first-order valence-corrected chi connectivity index (χ1v) is 21.6. The van der Waals surface area contributed by atoms with Crippen molar-refractivity contribution >= 4 is 19.8 Å². The van der Waals surface area contributed by atoms with Crippen molar-refractivity contribution < 1.29 is 42.7 Å². The van der Waals surface area contributed by atoms with Crippen molar-refractivity contribution in [2.75, 3.05) is 13.2 Å². The molecule has 49 heavy (non-hydrogen) atoms. The first kappa shape index (κ1) is 45.8. The van der Waals surface area contributed by atoms with Crippen molar-refractivity contribution in [1.29, 1.82) is 0 Å². The lowest BCUT2D eigenvalue weighted by molar-refractivity contribution is -0.161. The molecule has 1 fully saturated rings. The highest BCUT2D eigenvalue weighted by atomic mass is 31.2. The molecule has 0 aromatic rings. The standard InChI is InChI=1S/C39H73O9P/c1-3-5-7-9-11-12-13-14-15-16-17-18-19-23-27-31-38(40)45-33-35(34-46-49(42,43)44)47-39(41)32-28-24-20-22-26-30-37-36(48-37)29-25-21-10-8-6-4-2/h21,25,35-37H,3-20,22-24,26-34H2,1-2H3,(H2,42,43,44)/b25-21-/t35-,36?,37?/m1/s1. The summed E-state index contributed by atoms with van der Waals surface area (Å²) in [6.45, 7) is 3.64. The van der Waals surface area contributed by atoms with Gasteiger partial charge in [-0.05, 0) is 38.5 Å². The summed E-state index contributed by atoms with van der Waals surface area (Å²) in [5.74, 6) is -0.900. The Hall–Kier alpha value is -1.25. The highest BCUT2D eigenvalue weighted by Crippen LogP contribution is 2.36. The molecule has 0 aromatic carbocycles. The molecule has 0 bridgehead atoms. The fourth-order valence-corrected chi connectivity index (χ4v) is 6.45. The summed E-state index contributed by atoms with van der Waals surface area (Å²) in [4.78, 5) is 42.8. The summed E-state index contributed by atoms with van der Waals surface area (Å²) >= 11 is 0. The minimum Gasteiger partial charge on any atom is -0.462 e. The minimum atomic E-state index is -4.76. The van der Waals surface area contributed by atoms with E-state index in [9.17, 15) is 14.2 Å². The summed E-state index contributed by atoms with van der Waals surface area (Å²) in [7, 11) is -4.76. The van der Waals surface area contributed by atoms with Gasteiger partial charge in [0, 0.05) is 12.8 Å². The van der Waals surface area contributed by atoms with Crippen LogP contribution in [0.4, 0.5) is 0 Å². The molecular weight excluding hydrogens is 643 g/mol. The Morgan fingerprint density at radius 3 is 1.67 bits per heavy atom. The third-order valence-corrected chi connectivity index (χ3v) is 9.69. The van der Waals surface area contributed by atoms with E-state index in [1.54, 1.807) is 0 Å². The van der Waals surface area contributed by atoms with Crippen LogP contribution in [-0.4, -0.2) is 53.3 Å². The van der Waals surface area contributed by atoms with Crippen LogP contribution in [0.5, 0.6) is 0 Å². The summed E-state index contributed by atoms with van der Waals surface area (Å²) < 4.78 is 32.1. The zero-order valence-corrected chi connectivity index (χ0v) is 32.2. The molecule has 0 saturated carbocycles. The third-order valence-electron chi connectivity index (χ3n) is 9.21. The Balaban J connectivity index is 2.07. The summed E-state index contributed by atoms with van der Waals surface area (Å²) in [5.41, 5.74) is 0. The topological polar surface area (TPSA) is 132 Å². The van der Waals surface area contributed by atoms with E-state index in [0.717, 1.165) is 64.2 Å². The maximum Gasteiger partial charge on any atom is 0.469 e. The number of ether oxygens (including phenoxy) is 3. The number of hydrogen-bond acceptors (Lipinski definition) is 7. The Labute approximate surface area is 299 Å². The van der Waals surface area contributed by atoms with E-state index in [-0.39, 0.29) is 19.4 Å². The predicted octanol–water partition coefficient (Wildman–Crippen LogP) is 10.8. The predicted molar refractivity (Wildman–Crippen MR) is 197 cm³/mol. The fraction of sp³-hybridized carbons (Fsp3) is 0.897. The van der Waals surface area contributed by atoms with Gasteiger partial charge in [0.1, 0.15) is 6.61 Å². The first-order chi connectivity index (χ1) is 23.7. The molecule has 2 unspecified atom stereocenters. The van der Waals surface area contributed by atoms with E-state index < -0.39 is 32.5 Å². The highest BCUT2D eigenvalue weighted by molar-refractivity contribution is 7.46. The molecule has 9 nitrogen and oxygen atoms in total. The molecule has 0 radical (unpaired) electrons. The van der Waals surface area contributed by atoms with Crippen molar-refractivity contribution in [3.05, 3.63) is 12.2 Å². The Morgan fingerprint density at radius 1 is 0.633 bits per heavy atom. The zero-order valence-electron chi connectivity index (χ0n) is 31.3. The molecular formula is C39H73O9P. The number of allylic oxidation sites excluding steroid dienone is 1. The quantitative estimate of drug-likeness (QED) is 0.0214. The second-order valence-corrected chi connectivity index (χ2v) is 15.2. The molecule has 1 aliphatic heterocycles. The van der Waals surface area contributed by atoms with E-state index in [1.165, 1.54) is 96.3 Å². The molecule has 0 spiro atoms. The van der Waals surface area contributed by atoms with Gasteiger partial charge < -0.3 is 24.0 Å². The normalized spacial score (nSPS) is 16.7. The number of hydrogen-bond donors (Lipinski definition) is 2. The highest BCUT2D eigenvalue weighted by Gasteiger charge is 2.36. The van der Waals surface area contributed by atoms with Gasteiger partial charge in [-0.1, -0.05) is 154 Å². The zero-order chi connectivity index (χ0) is 35.8. The molecule has 288 valence electrons. The van der Waals surface area contributed by atoms with Crippen molar-refractivity contribution in [2.24, 2.45) is 0 Å². The van der Waals surface area contributed by atoms with E-state index in [1.807, 2.05) is 0 Å². The third kappa shape index (κ3) is 31.2. The smallest absolute Gasteiger partial charge is 0.462 e. The molecule has 1 heterocycles. The number of rotatable bonds is 36. The number of carbonyl (C=O) groups excluding carboxylic acids is 2. The lowest BCUT2D eigenvalue weighted by Gasteiger charge is -2.18. The molecule has 0 amide bonds. The van der Waals surface area contributed by atoms with Gasteiger partial charge in [-0.2, -0.15) is 0 Å². The van der Waals surface area contributed by atoms with Gasteiger partial charge in [-0.3, -0.25) is 14.1 Å². The van der Waals surface area contributed by atoms with Gasteiger partial charge in [-0.25, -0.2) is 4.57 Å². The van der Waals surface area contributed by atoms with Gasteiger partial charge in [0.15, 0.2) is 6.10 Å². The van der Waals surface area contributed by atoms with Crippen LogP contribution in [0.25, 0.3) is 0 Å². The fourth-order valence-electron chi connectivity index (χ4n) is 6.09. The van der Waals surface area contributed by atoms with Gasteiger partial charge >= 0.3 is 19.8 Å². The van der Waals surface area contributed by atoms with E-state index in [4.69, 9.17) is 24.0 Å². The van der Waals surface area contributed by atoms with Crippen LogP contribution in [0.3, 0.4) is 0 Å². The second kappa shape index (κ2) is 31.5. The Kier molecular flexibility index (Phi) is 29.4. The largest absolute Gasteiger partial charge is 0.469 e. The van der Waals surface area contributed by atoms with Crippen LogP contribution in [0, 0.1) is 0 Å². The molecule has 1 rings (SSSR count). The number of carbonyl (C=O) groups is 2. The number of epoxide rings is 1. The molecule has 1 saturated heterocycles. The minimum absolute atomic E-state index is 0.192. The summed E-state index contributed by atoms with van der Waals surface area (Å²) in [5, 5.41) is 0. The van der Waals surface area contributed by atoms with Crippen molar-refractivity contribution in [1.82, 2.24) is 0 Å². The van der Waals surface area contributed by atoms with Gasteiger partial charge in [0.05, 0.1) is 18.8 Å². The van der Waals surface area contributed by atoms with Crippen molar-refractivity contribution in [3.8, 4) is 0 Å². The summed E-state index contributed by atoms with van der Waals surface area (Å²) in [6, 6.07) is 0. The number of esters is 2. The van der Waals surface area contributed by atoms with Gasteiger partial charge in [-0.15, -0.1) is 0 Å². The van der Waals surface area contributed by atoms with Crippen molar-refractivity contribution in [2.45, 2.75) is 212 Å². The maximum absolute atomic E-state index is 12.4. The number of unbranched alkanes of at least 4 members (excludes halogenated alkanes) is 21. The van der Waals surface area contributed by atoms with Crippen LogP contribution in [0.2, 0.25) is 0 Å². The Bertz CT molecular complexity index is 875. The molecule has 10 heteroatoms. The van der Waals surface area contributed by atoms with E-state index in [0.29, 0.717) is 18.6 Å². The monoisotopic (exact) mass is 716 g/mol. The Morgan fingerprint density at radius 2 is 1.12 bits per heavy atom. The maximum atomic E-state index is 12.4. The molecule has 0 aromatic heterocycles. The molecule has 3 atom stereocenters. The number of phosphoric ester groups is 1. The average Bonchev–Trinajstić information content (AvgIpc) is 3.82. The molecule has 0 aliphatic carbocycles. The van der Waals surface area contributed by atoms with Crippen LogP contribution in [0.1, 0.15) is 194 Å². The first-order valence-electron chi connectivity index (χ1n) is 20.1. The number of phosphoric acid groups is 1. The van der Waals surface area contributed by atoms with Crippen LogP contribution in [0.15, 0.2) is 12.2 Å². The molecule has 1 aliphatic rings. The summed E-state index contributed by atoms with van der Waals surface area (Å²) in [6.07, 6.45) is 35.2. The second-order valence-electron chi connectivity index (χ2n) is 14.0. The van der Waals surface area contributed by atoms with Crippen LogP contribution in [-0.2, 0) is 32.9 Å². The van der Waals surface area contributed by atoms with Crippen molar-refractivity contribution in [3.63, 3.8) is 0 Å². The van der Waals surface area contributed by atoms with Gasteiger partial charge in [0.2, 0.25) is 0 Å². The lowest BCUT2D eigenvalue weighted by Crippen LogP contribution is -2.29. The average molecular weight is 717 g/mol. The van der Waals surface area contributed by atoms with E-state index >= 15 is 0 Å². The SMILES string of the molecule is CCCCC/C=C\CC1OC1CCCCCCCC(=O)O[C@H](COC(=O)CCCCCCCCCCCCCCCCC)COP(=O)(O)O. The van der Waals surface area contributed by atoms with E-state index in [2.05, 4.69) is 30.5 Å². The van der Waals surface area contributed by atoms with Crippen LogP contribution >= 0.6 is 7.82 Å². The lowest BCUT2D eigenvalue weighted by atomic mass is 10.0.